The van der Waals surface area contributed by atoms with Crippen LogP contribution in [0.25, 0.3) is 0 Å². The molecule has 1 spiro atoms. The van der Waals surface area contributed by atoms with Crippen LogP contribution in [-0.4, -0.2) is 54.3 Å². The summed E-state index contributed by atoms with van der Waals surface area (Å²) in [5.41, 5.74) is 2.83. The van der Waals surface area contributed by atoms with Crippen molar-refractivity contribution >= 4 is 23.4 Å². The van der Waals surface area contributed by atoms with E-state index >= 15 is 0 Å². The lowest BCUT2D eigenvalue weighted by atomic mass is 9.77. The number of hydrogen-bond donors (Lipinski definition) is 1. The number of hydrogen-bond acceptors (Lipinski definition) is 3. The van der Waals surface area contributed by atoms with Gasteiger partial charge >= 0.3 is 0 Å². The van der Waals surface area contributed by atoms with Gasteiger partial charge in [-0.2, -0.15) is 0 Å². The summed E-state index contributed by atoms with van der Waals surface area (Å²) in [7, 11) is 0. The standard InChI is InChI=1S/C31H39ClFN3O2/c1-3-21(4-2)19-35-15-12-31(13-16-35)14-17-36(20-31)30(38)23-9-8-22-10-11-27(24(22)18-23)34-29(37)28-25(32)6-5-7-26(28)33/h5-9,18,21,27H,3-4,10-17,19-20H2,1-2H3,(H,34,37). The molecule has 5 rings (SSSR count). The third-order valence-electron chi connectivity index (χ3n) is 9.28. The number of piperidine rings is 1. The SMILES string of the molecule is CCC(CC)CN1CCC2(CC1)CCN(C(=O)c1ccc3c(c1)C(NC(=O)c1c(F)cccc1Cl)CC3)C2. The zero-order valence-corrected chi connectivity index (χ0v) is 23.3. The van der Waals surface area contributed by atoms with E-state index in [1.54, 1.807) is 0 Å². The van der Waals surface area contributed by atoms with Crippen LogP contribution in [0.5, 0.6) is 0 Å². The van der Waals surface area contributed by atoms with Gasteiger partial charge in [0.2, 0.25) is 0 Å². The first-order chi connectivity index (χ1) is 18.3. The second-order valence-electron chi connectivity index (χ2n) is 11.5. The number of fused-ring (bicyclic) bond motifs is 1. The lowest BCUT2D eigenvalue weighted by molar-refractivity contribution is 0.0701. The van der Waals surface area contributed by atoms with E-state index in [0.29, 0.717) is 12.0 Å². The van der Waals surface area contributed by atoms with E-state index in [-0.39, 0.29) is 28.0 Å². The van der Waals surface area contributed by atoms with E-state index in [1.165, 1.54) is 37.6 Å². The highest BCUT2D eigenvalue weighted by molar-refractivity contribution is 6.33. The molecular formula is C31H39ClFN3O2. The van der Waals surface area contributed by atoms with Crippen molar-refractivity contribution in [1.29, 1.82) is 0 Å². The molecule has 0 radical (unpaired) electrons. The van der Waals surface area contributed by atoms with Gasteiger partial charge in [0.15, 0.2) is 0 Å². The van der Waals surface area contributed by atoms with Gasteiger partial charge < -0.3 is 15.1 Å². The normalized spacial score (nSPS) is 20.8. The molecule has 0 bridgehead atoms. The number of halogens is 2. The third kappa shape index (κ3) is 5.48. The van der Waals surface area contributed by atoms with Gasteiger partial charge in [0, 0.05) is 25.2 Å². The number of aryl methyl sites for hydroxylation is 1. The number of benzene rings is 2. The van der Waals surface area contributed by atoms with Crippen LogP contribution >= 0.6 is 11.6 Å². The van der Waals surface area contributed by atoms with Gasteiger partial charge in [-0.1, -0.05) is 50.4 Å². The maximum Gasteiger partial charge on any atom is 0.256 e. The molecule has 38 heavy (non-hydrogen) atoms. The van der Waals surface area contributed by atoms with Crippen LogP contribution in [0.4, 0.5) is 4.39 Å². The molecule has 2 aromatic carbocycles. The van der Waals surface area contributed by atoms with Gasteiger partial charge in [-0.05, 0) is 91.9 Å². The predicted molar refractivity (Wildman–Crippen MR) is 149 cm³/mol. The Bertz CT molecular complexity index is 1170. The second-order valence-corrected chi connectivity index (χ2v) is 11.9. The summed E-state index contributed by atoms with van der Waals surface area (Å²) in [6.45, 7) is 9.65. The second kappa shape index (κ2) is 11.4. The molecule has 204 valence electrons. The average Bonchev–Trinajstić information content (AvgIpc) is 3.52. The Morgan fingerprint density at radius 3 is 2.55 bits per heavy atom. The summed E-state index contributed by atoms with van der Waals surface area (Å²) in [4.78, 5) is 31.1. The van der Waals surface area contributed by atoms with E-state index in [4.69, 9.17) is 11.6 Å². The molecule has 2 saturated heterocycles. The van der Waals surface area contributed by atoms with Crippen molar-refractivity contribution in [2.24, 2.45) is 11.3 Å². The molecule has 1 unspecified atom stereocenters. The maximum atomic E-state index is 14.3. The lowest BCUT2D eigenvalue weighted by Gasteiger charge is -2.40. The zero-order chi connectivity index (χ0) is 26.9. The highest BCUT2D eigenvalue weighted by Crippen LogP contribution is 2.41. The Balaban J connectivity index is 1.23. The molecule has 1 N–H and O–H groups in total. The monoisotopic (exact) mass is 539 g/mol. The van der Waals surface area contributed by atoms with Crippen molar-refractivity contribution in [1.82, 2.24) is 15.1 Å². The van der Waals surface area contributed by atoms with E-state index in [2.05, 4.69) is 24.1 Å². The number of carbonyl (C=O) groups is 2. The van der Waals surface area contributed by atoms with E-state index in [1.807, 2.05) is 23.1 Å². The van der Waals surface area contributed by atoms with E-state index in [9.17, 15) is 14.0 Å². The highest BCUT2D eigenvalue weighted by Gasteiger charge is 2.42. The van der Waals surface area contributed by atoms with Gasteiger partial charge in [-0.25, -0.2) is 4.39 Å². The minimum Gasteiger partial charge on any atom is -0.345 e. The van der Waals surface area contributed by atoms with Gasteiger partial charge in [0.1, 0.15) is 5.82 Å². The van der Waals surface area contributed by atoms with Crippen molar-refractivity contribution < 1.29 is 14.0 Å². The summed E-state index contributed by atoms with van der Waals surface area (Å²) in [6.07, 6.45) is 7.39. The molecule has 2 heterocycles. The fourth-order valence-electron chi connectivity index (χ4n) is 6.65. The first-order valence-electron chi connectivity index (χ1n) is 14.2. The van der Waals surface area contributed by atoms with E-state index < -0.39 is 11.7 Å². The minimum absolute atomic E-state index is 0.0678. The molecule has 2 amide bonds. The van der Waals surface area contributed by atoms with Crippen LogP contribution in [0.1, 0.15) is 90.3 Å². The first-order valence-corrected chi connectivity index (χ1v) is 14.6. The molecule has 7 heteroatoms. The molecule has 1 atom stereocenters. The first kappa shape index (κ1) is 27.1. The third-order valence-corrected chi connectivity index (χ3v) is 9.59. The number of amides is 2. The van der Waals surface area contributed by atoms with Gasteiger partial charge in [-0.15, -0.1) is 0 Å². The molecule has 0 saturated carbocycles. The fraction of sp³-hybridized carbons (Fsp3) is 0.548. The fourth-order valence-corrected chi connectivity index (χ4v) is 6.90. The van der Waals surface area contributed by atoms with Crippen LogP contribution in [0.15, 0.2) is 36.4 Å². The summed E-state index contributed by atoms with van der Waals surface area (Å²) < 4.78 is 14.3. The topological polar surface area (TPSA) is 52.6 Å². The Hall–Kier alpha value is -2.44. The Labute approximate surface area is 230 Å². The molecule has 3 aliphatic rings. The summed E-state index contributed by atoms with van der Waals surface area (Å²) in [6, 6.07) is 9.82. The average molecular weight is 540 g/mol. The smallest absolute Gasteiger partial charge is 0.256 e. The minimum atomic E-state index is -0.638. The van der Waals surface area contributed by atoms with Crippen LogP contribution in [0.2, 0.25) is 5.02 Å². The number of nitrogens with zero attached hydrogens (tertiary/aromatic N) is 2. The van der Waals surface area contributed by atoms with Gasteiger partial charge in [0.05, 0.1) is 16.6 Å². The van der Waals surface area contributed by atoms with E-state index in [0.717, 1.165) is 68.9 Å². The van der Waals surface area contributed by atoms with Crippen molar-refractivity contribution in [2.45, 2.75) is 64.8 Å². The predicted octanol–water partition coefficient (Wildman–Crippen LogP) is 6.26. The van der Waals surface area contributed by atoms with Crippen LogP contribution in [0, 0.1) is 17.2 Å². The number of likely N-dealkylation sites (tertiary alicyclic amines) is 2. The van der Waals surface area contributed by atoms with Crippen molar-refractivity contribution in [3.05, 3.63) is 69.5 Å². The van der Waals surface area contributed by atoms with Crippen molar-refractivity contribution in [2.75, 3.05) is 32.7 Å². The number of rotatable bonds is 7. The van der Waals surface area contributed by atoms with Crippen molar-refractivity contribution in [3.8, 4) is 0 Å². The highest BCUT2D eigenvalue weighted by atomic mass is 35.5. The van der Waals surface area contributed by atoms with Gasteiger partial charge in [-0.3, -0.25) is 9.59 Å². The van der Waals surface area contributed by atoms with Crippen LogP contribution in [-0.2, 0) is 6.42 Å². The molecule has 2 aliphatic heterocycles. The molecule has 5 nitrogen and oxygen atoms in total. The van der Waals surface area contributed by atoms with Crippen LogP contribution in [0.3, 0.4) is 0 Å². The largest absolute Gasteiger partial charge is 0.345 e. The maximum absolute atomic E-state index is 14.3. The number of carbonyl (C=O) groups excluding carboxylic acids is 2. The summed E-state index contributed by atoms with van der Waals surface area (Å²) in [5, 5.41) is 3.04. The van der Waals surface area contributed by atoms with Crippen molar-refractivity contribution in [3.63, 3.8) is 0 Å². The molecular weight excluding hydrogens is 501 g/mol. The summed E-state index contributed by atoms with van der Waals surface area (Å²) in [5.74, 6) is -0.317. The quantitative estimate of drug-likeness (QED) is 0.452. The number of nitrogens with one attached hydrogen (secondary N) is 1. The van der Waals surface area contributed by atoms with Crippen LogP contribution < -0.4 is 5.32 Å². The Morgan fingerprint density at radius 2 is 1.84 bits per heavy atom. The molecule has 2 aromatic rings. The van der Waals surface area contributed by atoms with Gasteiger partial charge in [0.25, 0.3) is 11.8 Å². The summed E-state index contributed by atoms with van der Waals surface area (Å²) >= 11 is 6.10. The lowest BCUT2D eigenvalue weighted by Crippen LogP contribution is -2.43. The molecule has 2 fully saturated rings. The zero-order valence-electron chi connectivity index (χ0n) is 22.6. The molecule has 0 aromatic heterocycles. The Morgan fingerprint density at radius 1 is 1.11 bits per heavy atom. The Kier molecular flexibility index (Phi) is 8.11. The molecule has 1 aliphatic carbocycles.